The first-order valence-corrected chi connectivity index (χ1v) is 8.20. The van der Waals surface area contributed by atoms with Gasteiger partial charge in [0.1, 0.15) is 6.61 Å². The fourth-order valence-corrected chi connectivity index (χ4v) is 2.75. The molecule has 0 atom stereocenters. The molecule has 1 saturated heterocycles. The number of benzene rings is 1. The first-order chi connectivity index (χ1) is 12.2. The minimum Gasteiger partial charge on any atom is -0.375 e. The molecule has 0 aliphatic carbocycles. The number of piperazine rings is 1. The monoisotopic (exact) mass is 390 g/mol. The number of hydrogen-bond donors (Lipinski definition) is 0. The number of alkyl halides is 3. The predicted octanol–water partition coefficient (Wildman–Crippen LogP) is 2.69. The molecule has 0 N–H and O–H groups in total. The topological polar surface area (TPSA) is 49.9 Å². The molecule has 0 unspecified atom stereocenters. The Labute approximate surface area is 154 Å². The molecule has 1 aromatic rings. The van der Waals surface area contributed by atoms with Crippen LogP contribution in [0.15, 0.2) is 24.3 Å². The van der Waals surface area contributed by atoms with Crippen LogP contribution in [-0.4, -0.2) is 61.5 Å². The Hall–Kier alpha value is -2.06. The minimum atomic E-state index is -4.56. The summed E-state index contributed by atoms with van der Waals surface area (Å²) in [5.74, 6) is -0.469. The second kappa shape index (κ2) is 8.55. The molecule has 1 aromatic carbocycles. The summed E-state index contributed by atoms with van der Waals surface area (Å²) in [6.45, 7) is 1.48. The van der Waals surface area contributed by atoms with E-state index in [1.165, 1.54) is 30.2 Å². The van der Waals surface area contributed by atoms with Crippen LogP contribution in [0.3, 0.4) is 0 Å². The van der Waals surface area contributed by atoms with Gasteiger partial charge in [-0.05, 0) is 23.8 Å². The van der Waals surface area contributed by atoms with E-state index in [1.807, 2.05) is 0 Å². The summed E-state index contributed by atoms with van der Waals surface area (Å²) in [5.41, 5.74) is -0.719. The molecule has 0 saturated carbocycles. The van der Waals surface area contributed by atoms with Gasteiger partial charge in [-0.1, -0.05) is 17.7 Å². The Morgan fingerprint density at radius 1 is 1.19 bits per heavy atom. The number of carbonyl (C=O) groups is 2. The van der Waals surface area contributed by atoms with Crippen LogP contribution in [0, 0.1) is 0 Å². The zero-order valence-electron chi connectivity index (χ0n) is 14.1. The van der Waals surface area contributed by atoms with Gasteiger partial charge in [0.05, 0.1) is 10.6 Å². The number of amides is 2. The fourth-order valence-electron chi connectivity index (χ4n) is 2.53. The van der Waals surface area contributed by atoms with E-state index in [0.717, 1.165) is 12.1 Å². The SMILES string of the molecule is COCC(=O)N1CCN(C(=O)C=Cc2ccc(Cl)c(C(F)(F)F)c2)CC1. The van der Waals surface area contributed by atoms with Crippen molar-refractivity contribution >= 4 is 29.5 Å². The van der Waals surface area contributed by atoms with Gasteiger partial charge in [0.25, 0.3) is 0 Å². The van der Waals surface area contributed by atoms with Crippen LogP contribution in [0.25, 0.3) is 6.08 Å². The summed E-state index contributed by atoms with van der Waals surface area (Å²) in [4.78, 5) is 27.0. The van der Waals surface area contributed by atoms with Crippen molar-refractivity contribution in [1.29, 1.82) is 0 Å². The zero-order valence-corrected chi connectivity index (χ0v) is 14.8. The molecule has 1 heterocycles. The second-order valence-corrected chi connectivity index (χ2v) is 6.12. The van der Waals surface area contributed by atoms with Crippen LogP contribution in [-0.2, 0) is 20.5 Å². The first-order valence-electron chi connectivity index (χ1n) is 7.83. The molecule has 1 aliphatic heterocycles. The third-order valence-electron chi connectivity index (χ3n) is 3.93. The Balaban J connectivity index is 1.97. The van der Waals surface area contributed by atoms with Crippen molar-refractivity contribution in [3.8, 4) is 0 Å². The van der Waals surface area contributed by atoms with Crippen LogP contribution >= 0.6 is 11.6 Å². The highest BCUT2D eigenvalue weighted by atomic mass is 35.5. The number of nitrogens with zero attached hydrogens (tertiary/aromatic N) is 2. The lowest BCUT2D eigenvalue weighted by Crippen LogP contribution is -2.51. The first kappa shape index (κ1) is 20.3. The summed E-state index contributed by atoms with van der Waals surface area (Å²) >= 11 is 5.57. The van der Waals surface area contributed by atoms with Gasteiger partial charge in [-0.25, -0.2) is 0 Å². The smallest absolute Gasteiger partial charge is 0.375 e. The van der Waals surface area contributed by atoms with Gasteiger partial charge in [0.15, 0.2) is 0 Å². The summed E-state index contributed by atoms with van der Waals surface area (Å²) in [7, 11) is 1.43. The van der Waals surface area contributed by atoms with Gasteiger partial charge in [0.2, 0.25) is 11.8 Å². The molecule has 9 heteroatoms. The number of halogens is 4. The number of methoxy groups -OCH3 is 1. The molecule has 0 spiro atoms. The average molecular weight is 391 g/mol. The zero-order chi connectivity index (χ0) is 19.3. The van der Waals surface area contributed by atoms with Crippen molar-refractivity contribution < 1.29 is 27.5 Å². The summed E-state index contributed by atoms with van der Waals surface area (Å²) < 4.78 is 43.3. The third kappa shape index (κ3) is 5.22. The van der Waals surface area contributed by atoms with E-state index < -0.39 is 16.8 Å². The van der Waals surface area contributed by atoms with Crippen LogP contribution in [0.2, 0.25) is 5.02 Å². The van der Waals surface area contributed by atoms with E-state index in [2.05, 4.69) is 0 Å². The Bertz CT molecular complexity index is 699. The maximum Gasteiger partial charge on any atom is 0.417 e. The number of hydrogen-bond acceptors (Lipinski definition) is 3. The van der Waals surface area contributed by atoms with Crippen LogP contribution in [0.4, 0.5) is 13.2 Å². The quantitative estimate of drug-likeness (QED) is 0.743. The molecule has 1 fully saturated rings. The van der Waals surface area contributed by atoms with Gasteiger partial charge < -0.3 is 14.5 Å². The highest BCUT2D eigenvalue weighted by Crippen LogP contribution is 2.35. The molecule has 142 valence electrons. The van der Waals surface area contributed by atoms with Crippen molar-refractivity contribution in [3.63, 3.8) is 0 Å². The van der Waals surface area contributed by atoms with E-state index in [0.29, 0.717) is 26.2 Å². The van der Waals surface area contributed by atoms with Crippen molar-refractivity contribution in [3.05, 3.63) is 40.4 Å². The molecule has 26 heavy (non-hydrogen) atoms. The van der Waals surface area contributed by atoms with Crippen LogP contribution < -0.4 is 0 Å². The largest absolute Gasteiger partial charge is 0.417 e. The number of carbonyl (C=O) groups excluding carboxylic acids is 2. The standard InChI is InChI=1S/C17H18ClF3N2O3/c1-26-11-16(25)23-8-6-22(7-9-23)15(24)5-3-12-2-4-14(18)13(10-12)17(19,20)21/h2-5,10H,6-9,11H2,1H3. The van der Waals surface area contributed by atoms with E-state index in [4.69, 9.17) is 16.3 Å². The third-order valence-corrected chi connectivity index (χ3v) is 4.26. The Morgan fingerprint density at radius 2 is 1.81 bits per heavy atom. The number of rotatable bonds is 4. The van der Waals surface area contributed by atoms with Gasteiger partial charge >= 0.3 is 6.18 Å². The van der Waals surface area contributed by atoms with Crippen LogP contribution in [0.1, 0.15) is 11.1 Å². The molecule has 0 aromatic heterocycles. The molecular formula is C17H18ClF3N2O3. The van der Waals surface area contributed by atoms with Crippen molar-refractivity contribution in [2.75, 3.05) is 39.9 Å². The molecule has 1 aliphatic rings. The van der Waals surface area contributed by atoms with Gasteiger partial charge in [-0.3, -0.25) is 9.59 Å². The summed E-state index contributed by atoms with van der Waals surface area (Å²) in [6.07, 6.45) is -2.03. The normalized spacial score (nSPS) is 15.6. The molecule has 5 nitrogen and oxygen atoms in total. The minimum absolute atomic E-state index is 0.00798. The Morgan fingerprint density at radius 3 is 2.38 bits per heavy atom. The highest BCUT2D eigenvalue weighted by molar-refractivity contribution is 6.31. The van der Waals surface area contributed by atoms with E-state index in [-0.39, 0.29) is 24.0 Å². The van der Waals surface area contributed by atoms with Crippen molar-refractivity contribution in [2.24, 2.45) is 0 Å². The lowest BCUT2D eigenvalue weighted by atomic mass is 10.1. The summed E-state index contributed by atoms with van der Waals surface area (Å²) in [6, 6.07) is 3.45. The van der Waals surface area contributed by atoms with Crippen LogP contribution in [0.5, 0.6) is 0 Å². The average Bonchev–Trinajstić information content (AvgIpc) is 2.60. The molecule has 2 amide bonds. The molecule has 0 bridgehead atoms. The van der Waals surface area contributed by atoms with E-state index in [1.54, 1.807) is 4.90 Å². The summed E-state index contributed by atoms with van der Waals surface area (Å²) in [5, 5.41) is -0.391. The van der Waals surface area contributed by atoms with Gasteiger partial charge in [-0.15, -0.1) is 0 Å². The Kier molecular flexibility index (Phi) is 6.66. The maximum atomic E-state index is 12.9. The molecular weight excluding hydrogens is 373 g/mol. The number of ether oxygens (including phenoxy) is 1. The lowest BCUT2D eigenvalue weighted by Gasteiger charge is -2.34. The van der Waals surface area contributed by atoms with Crippen molar-refractivity contribution in [1.82, 2.24) is 9.80 Å². The molecule has 2 rings (SSSR count). The van der Waals surface area contributed by atoms with Crippen molar-refractivity contribution in [2.45, 2.75) is 6.18 Å². The highest BCUT2D eigenvalue weighted by Gasteiger charge is 2.33. The molecule has 0 radical (unpaired) electrons. The van der Waals surface area contributed by atoms with E-state index in [9.17, 15) is 22.8 Å². The lowest BCUT2D eigenvalue weighted by molar-refractivity contribution is -0.140. The maximum absolute atomic E-state index is 12.9. The second-order valence-electron chi connectivity index (χ2n) is 5.71. The predicted molar refractivity (Wildman–Crippen MR) is 90.5 cm³/mol. The van der Waals surface area contributed by atoms with Gasteiger partial charge in [-0.2, -0.15) is 13.2 Å². The van der Waals surface area contributed by atoms with E-state index >= 15 is 0 Å². The van der Waals surface area contributed by atoms with Gasteiger partial charge in [0, 0.05) is 39.4 Å². The fraction of sp³-hybridized carbons (Fsp3) is 0.412.